The Morgan fingerprint density at radius 3 is 2.87 bits per heavy atom. The van der Waals surface area contributed by atoms with E-state index in [2.05, 4.69) is 65.3 Å². The zero-order valence-corrected chi connectivity index (χ0v) is 10.1. The molecule has 1 heteroatoms. The predicted octanol–water partition coefficient (Wildman–Crippen LogP) is 4.73. The van der Waals surface area contributed by atoms with Crippen molar-refractivity contribution in [2.24, 2.45) is 0 Å². The van der Waals surface area contributed by atoms with Gasteiger partial charge in [-0.15, -0.1) is 0 Å². The zero-order chi connectivity index (χ0) is 10.4. The SMILES string of the molecule is CC1C=Cc2c1cc1ccccc1c2Br. The van der Waals surface area contributed by atoms with E-state index < -0.39 is 0 Å². The third-order valence-corrected chi connectivity index (χ3v) is 3.95. The topological polar surface area (TPSA) is 0 Å². The molecule has 74 valence electrons. The fraction of sp³-hybridized carbons (Fsp3) is 0.143. The van der Waals surface area contributed by atoms with Gasteiger partial charge in [0.15, 0.2) is 0 Å². The van der Waals surface area contributed by atoms with Crippen LogP contribution in [0, 0.1) is 0 Å². The van der Waals surface area contributed by atoms with Gasteiger partial charge in [-0.2, -0.15) is 0 Å². The molecule has 0 aromatic heterocycles. The maximum Gasteiger partial charge on any atom is 0.0329 e. The summed E-state index contributed by atoms with van der Waals surface area (Å²) in [6.45, 7) is 2.24. The Labute approximate surface area is 97.7 Å². The molecule has 0 N–H and O–H groups in total. The van der Waals surface area contributed by atoms with Gasteiger partial charge in [0.25, 0.3) is 0 Å². The molecule has 15 heavy (non-hydrogen) atoms. The molecular weight excluding hydrogens is 248 g/mol. The van der Waals surface area contributed by atoms with Crippen LogP contribution in [0.25, 0.3) is 16.8 Å². The molecule has 0 radical (unpaired) electrons. The first kappa shape index (κ1) is 9.17. The summed E-state index contributed by atoms with van der Waals surface area (Å²) in [4.78, 5) is 0. The molecule has 0 heterocycles. The standard InChI is InChI=1S/C14H11Br/c1-9-6-7-12-13(9)8-10-4-2-3-5-11(10)14(12)15/h2-9H,1H3. The quantitative estimate of drug-likeness (QED) is 0.641. The molecule has 1 aliphatic carbocycles. The van der Waals surface area contributed by atoms with E-state index in [0.717, 1.165) is 0 Å². The van der Waals surface area contributed by atoms with E-state index in [4.69, 9.17) is 0 Å². The molecule has 0 bridgehead atoms. The minimum atomic E-state index is 0.543. The second-order valence-corrected chi connectivity index (χ2v) is 4.86. The van der Waals surface area contributed by atoms with E-state index in [1.165, 1.54) is 26.4 Å². The van der Waals surface area contributed by atoms with Crippen molar-refractivity contribution in [3.63, 3.8) is 0 Å². The van der Waals surface area contributed by atoms with E-state index in [1.54, 1.807) is 0 Å². The minimum Gasteiger partial charge on any atom is -0.0766 e. The van der Waals surface area contributed by atoms with E-state index >= 15 is 0 Å². The Bertz CT molecular complexity index is 567. The molecule has 0 nitrogen and oxygen atoms in total. The van der Waals surface area contributed by atoms with Gasteiger partial charge in [0.05, 0.1) is 0 Å². The van der Waals surface area contributed by atoms with Crippen LogP contribution < -0.4 is 0 Å². The number of hydrogen-bond donors (Lipinski definition) is 0. The van der Waals surface area contributed by atoms with Crippen LogP contribution in [0.3, 0.4) is 0 Å². The van der Waals surface area contributed by atoms with Crippen LogP contribution in [0.15, 0.2) is 40.9 Å². The number of fused-ring (bicyclic) bond motifs is 2. The highest BCUT2D eigenvalue weighted by molar-refractivity contribution is 9.10. The van der Waals surface area contributed by atoms with Gasteiger partial charge in [0.1, 0.15) is 0 Å². The molecule has 1 aliphatic rings. The highest BCUT2D eigenvalue weighted by Gasteiger charge is 2.17. The molecule has 0 saturated carbocycles. The summed E-state index contributed by atoms with van der Waals surface area (Å²) in [5, 5.41) is 2.62. The van der Waals surface area contributed by atoms with Gasteiger partial charge >= 0.3 is 0 Å². The van der Waals surface area contributed by atoms with Crippen LogP contribution in [-0.4, -0.2) is 0 Å². The van der Waals surface area contributed by atoms with E-state index in [1.807, 2.05) is 0 Å². The van der Waals surface area contributed by atoms with Gasteiger partial charge in [-0.05, 0) is 49.8 Å². The Hall–Kier alpha value is -1.08. The van der Waals surface area contributed by atoms with Crippen molar-refractivity contribution in [3.05, 3.63) is 52.0 Å². The molecule has 3 rings (SSSR count). The minimum absolute atomic E-state index is 0.543. The van der Waals surface area contributed by atoms with Gasteiger partial charge in [0.2, 0.25) is 0 Å². The van der Waals surface area contributed by atoms with Crippen LogP contribution in [0.2, 0.25) is 0 Å². The highest BCUT2D eigenvalue weighted by atomic mass is 79.9. The first-order chi connectivity index (χ1) is 7.27. The number of halogens is 1. The summed E-state index contributed by atoms with van der Waals surface area (Å²) < 4.78 is 1.23. The predicted molar refractivity (Wildman–Crippen MR) is 69.1 cm³/mol. The molecule has 1 unspecified atom stereocenters. The third kappa shape index (κ3) is 1.26. The second-order valence-electron chi connectivity index (χ2n) is 4.06. The number of allylic oxidation sites excluding steroid dienone is 1. The Morgan fingerprint density at radius 1 is 1.20 bits per heavy atom. The Balaban J connectivity index is 2.44. The second kappa shape index (κ2) is 3.21. The molecule has 0 aliphatic heterocycles. The van der Waals surface area contributed by atoms with Crippen molar-refractivity contribution in [2.45, 2.75) is 12.8 Å². The van der Waals surface area contributed by atoms with Crippen molar-refractivity contribution in [3.8, 4) is 0 Å². The van der Waals surface area contributed by atoms with Crippen LogP contribution in [0.5, 0.6) is 0 Å². The molecular formula is C14H11Br. The van der Waals surface area contributed by atoms with E-state index in [9.17, 15) is 0 Å². The number of hydrogen-bond acceptors (Lipinski definition) is 0. The average Bonchev–Trinajstić information content (AvgIpc) is 2.62. The summed E-state index contributed by atoms with van der Waals surface area (Å²) in [6.07, 6.45) is 4.48. The summed E-state index contributed by atoms with van der Waals surface area (Å²) in [5.41, 5.74) is 2.78. The van der Waals surface area contributed by atoms with Crippen molar-refractivity contribution in [2.75, 3.05) is 0 Å². The zero-order valence-electron chi connectivity index (χ0n) is 8.50. The molecule has 2 aromatic carbocycles. The fourth-order valence-corrected chi connectivity index (χ4v) is 2.95. The van der Waals surface area contributed by atoms with Gasteiger partial charge in [-0.3, -0.25) is 0 Å². The summed E-state index contributed by atoms with van der Waals surface area (Å²) in [6, 6.07) is 10.8. The Morgan fingerprint density at radius 2 is 2.00 bits per heavy atom. The van der Waals surface area contributed by atoms with Gasteiger partial charge in [0, 0.05) is 4.47 Å². The molecule has 0 saturated heterocycles. The van der Waals surface area contributed by atoms with Crippen LogP contribution in [-0.2, 0) is 0 Å². The highest BCUT2D eigenvalue weighted by Crippen LogP contribution is 2.39. The maximum atomic E-state index is 3.71. The molecule has 0 spiro atoms. The fourth-order valence-electron chi connectivity index (χ4n) is 2.23. The van der Waals surface area contributed by atoms with Gasteiger partial charge in [-0.1, -0.05) is 43.3 Å². The number of benzene rings is 2. The van der Waals surface area contributed by atoms with Crippen molar-refractivity contribution >= 4 is 32.8 Å². The summed E-state index contributed by atoms with van der Waals surface area (Å²) >= 11 is 3.71. The maximum absolute atomic E-state index is 3.71. The van der Waals surface area contributed by atoms with Crippen molar-refractivity contribution < 1.29 is 0 Å². The normalized spacial score (nSPS) is 18.4. The van der Waals surface area contributed by atoms with Crippen molar-refractivity contribution in [1.82, 2.24) is 0 Å². The largest absolute Gasteiger partial charge is 0.0766 e. The summed E-state index contributed by atoms with van der Waals surface area (Å²) in [7, 11) is 0. The lowest BCUT2D eigenvalue weighted by Crippen LogP contribution is -1.89. The molecule has 2 aromatic rings. The third-order valence-electron chi connectivity index (χ3n) is 3.10. The van der Waals surface area contributed by atoms with E-state index in [0.29, 0.717) is 5.92 Å². The first-order valence-corrected chi connectivity index (χ1v) is 5.96. The smallest absolute Gasteiger partial charge is 0.0329 e. The molecule has 1 atom stereocenters. The number of rotatable bonds is 0. The monoisotopic (exact) mass is 258 g/mol. The van der Waals surface area contributed by atoms with Crippen molar-refractivity contribution in [1.29, 1.82) is 0 Å². The molecule has 0 amide bonds. The van der Waals surface area contributed by atoms with E-state index in [-0.39, 0.29) is 0 Å². The first-order valence-electron chi connectivity index (χ1n) is 5.17. The van der Waals surface area contributed by atoms with Crippen LogP contribution >= 0.6 is 15.9 Å². The lowest BCUT2D eigenvalue weighted by Gasteiger charge is -2.09. The average molecular weight is 259 g/mol. The van der Waals surface area contributed by atoms with Gasteiger partial charge in [-0.25, -0.2) is 0 Å². The lowest BCUT2D eigenvalue weighted by atomic mass is 9.98. The van der Waals surface area contributed by atoms with Gasteiger partial charge < -0.3 is 0 Å². The van der Waals surface area contributed by atoms with Crippen LogP contribution in [0.4, 0.5) is 0 Å². The Kier molecular flexibility index (Phi) is 1.96. The molecule has 0 fully saturated rings. The van der Waals surface area contributed by atoms with Crippen LogP contribution in [0.1, 0.15) is 24.0 Å². The lowest BCUT2D eigenvalue weighted by molar-refractivity contribution is 0.992. The summed E-state index contributed by atoms with van der Waals surface area (Å²) in [5.74, 6) is 0.543.